The normalized spacial score (nSPS) is 12.7. The minimum absolute atomic E-state index is 0.457. The van der Waals surface area contributed by atoms with Crippen LogP contribution in [0, 0.1) is 0 Å². The lowest BCUT2D eigenvalue weighted by atomic mass is 10.3. The van der Waals surface area contributed by atoms with E-state index in [1.807, 2.05) is 0 Å². The molecule has 0 aliphatic rings. The highest BCUT2D eigenvalue weighted by molar-refractivity contribution is 8.14. The van der Waals surface area contributed by atoms with Gasteiger partial charge in [-0.2, -0.15) is 0 Å². The fraction of sp³-hybridized carbons (Fsp3) is 0. The lowest BCUT2D eigenvalue weighted by molar-refractivity contribution is 0.458. The molecule has 0 aromatic heterocycles. The Hall–Kier alpha value is -0.500. The molecule has 0 aliphatic heterocycles. The average molecular weight is 291 g/mol. The van der Waals surface area contributed by atoms with Crippen molar-refractivity contribution in [2.45, 2.75) is 9.79 Å². The molecule has 0 bridgehead atoms. The minimum Gasteiger partial charge on any atom is -0.507 e. The summed E-state index contributed by atoms with van der Waals surface area (Å²) < 4.78 is 43.5. The molecular formula is C6H4Cl2O5S2. The number of phenols is 1. The van der Waals surface area contributed by atoms with Crippen LogP contribution < -0.4 is 0 Å². The predicted molar refractivity (Wildman–Crippen MR) is 54.2 cm³/mol. The van der Waals surface area contributed by atoms with Gasteiger partial charge in [-0.15, -0.1) is 0 Å². The maximum Gasteiger partial charge on any atom is 0.265 e. The molecule has 0 amide bonds. The third-order valence-corrected chi connectivity index (χ3v) is 4.18. The molecule has 1 rings (SSSR count). The summed E-state index contributed by atoms with van der Waals surface area (Å²) in [5.74, 6) is -0.644. The second-order valence-corrected chi connectivity index (χ2v) is 7.61. The highest BCUT2D eigenvalue weighted by Gasteiger charge is 2.20. The molecule has 0 saturated heterocycles. The van der Waals surface area contributed by atoms with E-state index in [1.54, 1.807) is 0 Å². The van der Waals surface area contributed by atoms with Crippen molar-refractivity contribution < 1.29 is 21.9 Å². The molecule has 0 saturated carbocycles. The molecule has 0 unspecified atom stereocenters. The monoisotopic (exact) mass is 290 g/mol. The van der Waals surface area contributed by atoms with Gasteiger partial charge in [-0.05, 0) is 18.2 Å². The fourth-order valence-corrected chi connectivity index (χ4v) is 2.65. The molecule has 84 valence electrons. The fourth-order valence-electron chi connectivity index (χ4n) is 0.841. The number of benzene rings is 1. The Morgan fingerprint density at radius 3 is 1.93 bits per heavy atom. The number of hydrogen-bond donors (Lipinski definition) is 1. The zero-order chi connectivity index (χ0) is 11.9. The van der Waals surface area contributed by atoms with Gasteiger partial charge in [0.1, 0.15) is 10.6 Å². The summed E-state index contributed by atoms with van der Waals surface area (Å²) in [6, 6.07) is 2.52. The average Bonchev–Trinajstić information content (AvgIpc) is 2.00. The van der Waals surface area contributed by atoms with E-state index >= 15 is 0 Å². The van der Waals surface area contributed by atoms with Gasteiger partial charge >= 0.3 is 0 Å². The zero-order valence-electron chi connectivity index (χ0n) is 6.88. The Morgan fingerprint density at radius 1 is 1.00 bits per heavy atom. The number of halogens is 2. The molecule has 1 aromatic rings. The lowest BCUT2D eigenvalue weighted by Crippen LogP contribution is -1.96. The van der Waals surface area contributed by atoms with Crippen LogP contribution in [0.1, 0.15) is 0 Å². The van der Waals surface area contributed by atoms with Gasteiger partial charge in [0, 0.05) is 21.4 Å². The van der Waals surface area contributed by atoms with Gasteiger partial charge in [0.25, 0.3) is 18.1 Å². The Kier molecular flexibility index (Phi) is 3.20. The summed E-state index contributed by atoms with van der Waals surface area (Å²) >= 11 is 0. The van der Waals surface area contributed by atoms with Gasteiger partial charge in [0.05, 0.1) is 4.90 Å². The van der Waals surface area contributed by atoms with Crippen LogP contribution in [0.4, 0.5) is 0 Å². The molecule has 1 aromatic carbocycles. The summed E-state index contributed by atoms with van der Waals surface area (Å²) in [6.07, 6.45) is 0. The SMILES string of the molecule is O=S(=O)(Cl)c1ccc(O)c(S(=O)(=O)Cl)c1. The van der Waals surface area contributed by atoms with Crippen LogP contribution in [0.3, 0.4) is 0 Å². The summed E-state index contributed by atoms with van der Waals surface area (Å²) in [7, 11) is 1.66. The summed E-state index contributed by atoms with van der Waals surface area (Å²) in [4.78, 5) is -1.16. The van der Waals surface area contributed by atoms with Crippen molar-refractivity contribution in [3.05, 3.63) is 18.2 Å². The molecule has 0 radical (unpaired) electrons. The Labute approximate surface area is 95.1 Å². The molecule has 15 heavy (non-hydrogen) atoms. The maximum atomic E-state index is 10.9. The quantitative estimate of drug-likeness (QED) is 0.828. The Morgan fingerprint density at radius 2 is 1.53 bits per heavy atom. The number of hydrogen-bond acceptors (Lipinski definition) is 5. The smallest absolute Gasteiger partial charge is 0.265 e. The molecular weight excluding hydrogens is 287 g/mol. The van der Waals surface area contributed by atoms with E-state index in [0.29, 0.717) is 6.07 Å². The van der Waals surface area contributed by atoms with Gasteiger partial charge < -0.3 is 5.11 Å². The van der Waals surface area contributed by atoms with Gasteiger partial charge in [-0.1, -0.05) is 0 Å². The van der Waals surface area contributed by atoms with Crippen LogP contribution in [-0.4, -0.2) is 21.9 Å². The van der Waals surface area contributed by atoms with Gasteiger partial charge in [0.2, 0.25) is 0 Å². The third kappa shape index (κ3) is 2.97. The first-order chi connectivity index (χ1) is 6.62. The van der Waals surface area contributed by atoms with E-state index in [1.165, 1.54) is 0 Å². The topological polar surface area (TPSA) is 88.5 Å². The first-order valence-electron chi connectivity index (χ1n) is 3.35. The van der Waals surface area contributed by atoms with Crippen molar-refractivity contribution >= 4 is 39.5 Å². The van der Waals surface area contributed by atoms with Crippen LogP contribution in [0.5, 0.6) is 5.75 Å². The first-order valence-corrected chi connectivity index (χ1v) is 7.96. The third-order valence-electron chi connectivity index (χ3n) is 1.48. The van der Waals surface area contributed by atoms with Crippen molar-refractivity contribution in [2.24, 2.45) is 0 Å². The number of phenolic OH excluding ortho intramolecular Hbond substituents is 1. The van der Waals surface area contributed by atoms with Crippen LogP contribution in [0.25, 0.3) is 0 Å². The van der Waals surface area contributed by atoms with Crippen molar-refractivity contribution in [2.75, 3.05) is 0 Å². The summed E-state index contributed by atoms with van der Waals surface area (Å²) in [5, 5.41) is 9.13. The molecule has 0 spiro atoms. The van der Waals surface area contributed by atoms with E-state index in [-0.39, 0.29) is 0 Å². The zero-order valence-corrected chi connectivity index (χ0v) is 10.0. The first kappa shape index (κ1) is 12.6. The highest BCUT2D eigenvalue weighted by Crippen LogP contribution is 2.29. The van der Waals surface area contributed by atoms with E-state index in [2.05, 4.69) is 0 Å². The van der Waals surface area contributed by atoms with Crippen molar-refractivity contribution in [3.63, 3.8) is 0 Å². The second-order valence-electron chi connectivity index (χ2n) is 2.51. The molecule has 0 fully saturated rings. The van der Waals surface area contributed by atoms with E-state index in [9.17, 15) is 16.8 Å². The van der Waals surface area contributed by atoms with Gasteiger partial charge in [-0.25, -0.2) is 16.8 Å². The van der Waals surface area contributed by atoms with E-state index in [4.69, 9.17) is 26.5 Å². The molecule has 0 aliphatic carbocycles. The summed E-state index contributed by atoms with van der Waals surface area (Å²) in [6.45, 7) is 0. The largest absolute Gasteiger partial charge is 0.507 e. The van der Waals surface area contributed by atoms with Gasteiger partial charge in [0.15, 0.2) is 0 Å². The van der Waals surface area contributed by atoms with Crippen molar-refractivity contribution in [3.8, 4) is 5.75 Å². The van der Waals surface area contributed by atoms with E-state index in [0.717, 1.165) is 12.1 Å². The van der Waals surface area contributed by atoms with Crippen LogP contribution in [0.15, 0.2) is 28.0 Å². The highest BCUT2D eigenvalue weighted by atomic mass is 35.7. The Bertz CT molecular complexity index is 590. The molecule has 0 atom stereocenters. The van der Waals surface area contributed by atoms with Crippen LogP contribution in [-0.2, 0) is 18.1 Å². The Balaban J connectivity index is 3.57. The molecule has 9 heteroatoms. The van der Waals surface area contributed by atoms with Crippen LogP contribution >= 0.6 is 21.4 Å². The molecule has 1 N–H and O–H groups in total. The number of rotatable bonds is 2. The minimum atomic E-state index is -4.22. The standard InChI is InChI=1S/C6H4Cl2O5S2/c7-14(10,11)4-1-2-5(9)6(3-4)15(8,12)13/h1-3,9H. The van der Waals surface area contributed by atoms with Crippen molar-refractivity contribution in [1.82, 2.24) is 0 Å². The second kappa shape index (κ2) is 3.82. The van der Waals surface area contributed by atoms with Crippen LogP contribution in [0.2, 0.25) is 0 Å². The van der Waals surface area contributed by atoms with E-state index < -0.39 is 33.6 Å². The summed E-state index contributed by atoms with van der Waals surface area (Å²) in [5.41, 5.74) is 0. The number of aromatic hydroxyl groups is 1. The van der Waals surface area contributed by atoms with Crippen molar-refractivity contribution in [1.29, 1.82) is 0 Å². The van der Waals surface area contributed by atoms with Gasteiger partial charge in [-0.3, -0.25) is 0 Å². The molecule has 5 nitrogen and oxygen atoms in total. The predicted octanol–water partition coefficient (Wildman–Crippen LogP) is 1.25. The maximum absolute atomic E-state index is 10.9. The lowest BCUT2D eigenvalue weighted by Gasteiger charge is -2.02. The molecule has 0 heterocycles.